The second kappa shape index (κ2) is 6.37. The van der Waals surface area contributed by atoms with Gasteiger partial charge in [0, 0.05) is 29.6 Å². The molecule has 2 aromatic rings. The number of carbonyl (C=O) groups is 1. The van der Waals surface area contributed by atoms with Crippen LogP contribution >= 0.6 is 23.2 Å². The summed E-state index contributed by atoms with van der Waals surface area (Å²) >= 11 is 12.0. The molecule has 0 atom stereocenters. The van der Waals surface area contributed by atoms with Crippen molar-refractivity contribution in [3.05, 3.63) is 39.5 Å². The van der Waals surface area contributed by atoms with E-state index < -0.39 is 5.97 Å². The molecular formula is C14H14Cl2N2O3. The van der Waals surface area contributed by atoms with Crippen LogP contribution in [0.4, 0.5) is 0 Å². The quantitative estimate of drug-likeness (QED) is 0.805. The summed E-state index contributed by atoms with van der Waals surface area (Å²) in [6.07, 6.45) is 0. The van der Waals surface area contributed by atoms with E-state index in [1.165, 1.54) is 11.6 Å². The van der Waals surface area contributed by atoms with E-state index in [1.807, 2.05) is 0 Å². The van der Waals surface area contributed by atoms with Crippen molar-refractivity contribution >= 4 is 29.2 Å². The fourth-order valence-electron chi connectivity index (χ4n) is 1.84. The molecule has 1 aromatic carbocycles. The first kappa shape index (κ1) is 15.7. The van der Waals surface area contributed by atoms with Gasteiger partial charge in [0.05, 0.1) is 0 Å². The molecule has 0 saturated carbocycles. The molecule has 7 heteroatoms. The Bertz CT molecular complexity index is 683. The number of halogens is 2. The van der Waals surface area contributed by atoms with Gasteiger partial charge >= 0.3 is 5.97 Å². The van der Waals surface area contributed by atoms with Crippen LogP contribution in [0.15, 0.2) is 18.2 Å². The molecule has 112 valence electrons. The van der Waals surface area contributed by atoms with E-state index in [9.17, 15) is 4.79 Å². The first-order valence-corrected chi connectivity index (χ1v) is 6.93. The zero-order chi connectivity index (χ0) is 15.6. The molecule has 0 aliphatic heterocycles. The van der Waals surface area contributed by atoms with Gasteiger partial charge in [0.1, 0.15) is 12.3 Å². The molecule has 21 heavy (non-hydrogen) atoms. The molecule has 0 radical (unpaired) electrons. The molecule has 1 aromatic heterocycles. The Morgan fingerprint density at radius 3 is 2.76 bits per heavy atom. The molecule has 0 aliphatic carbocycles. The van der Waals surface area contributed by atoms with E-state index in [0.29, 0.717) is 21.5 Å². The van der Waals surface area contributed by atoms with Gasteiger partial charge in [-0.25, -0.2) is 4.68 Å². The number of hydrogen-bond acceptors (Lipinski definition) is 4. The molecule has 0 unspecified atom stereocenters. The lowest BCUT2D eigenvalue weighted by atomic mass is 10.2. The van der Waals surface area contributed by atoms with E-state index in [4.69, 9.17) is 32.7 Å². The molecule has 0 N–H and O–H groups in total. The molecule has 1 heterocycles. The highest BCUT2D eigenvalue weighted by Gasteiger charge is 2.18. The van der Waals surface area contributed by atoms with Crippen LogP contribution in [0.25, 0.3) is 0 Å². The van der Waals surface area contributed by atoms with Gasteiger partial charge in [0.25, 0.3) is 5.88 Å². The van der Waals surface area contributed by atoms with Crippen LogP contribution in [0.2, 0.25) is 10.0 Å². The van der Waals surface area contributed by atoms with Crippen LogP contribution in [0.5, 0.6) is 11.6 Å². The third kappa shape index (κ3) is 3.68. The maximum atomic E-state index is 11.1. The summed E-state index contributed by atoms with van der Waals surface area (Å²) in [5.74, 6) is 0.227. The van der Waals surface area contributed by atoms with E-state index in [-0.39, 0.29) is 12.5 Å². The summed E-state index contributed by atoms with van der Waals surface area (Å²) < 4.78 is 12.3. The molecule has 0 spiro atoms. The van der Waals surface area contributed by atoms with Crippen LogP contribution in [-0.4, -0.2) is 15.7 Å². The van der Waals surface area contributed by atoms with Gasteiger partial charge in [-0.05, 0) is 25.1 Å². The SMILES string of the molecule is CC(=O)Oc1c(OCc2cc(Cl)ccc2Cl)c(C)nn1C. The topological polar surface area (TPSA) is 53.4 Å². The van der Waals surface area contributed by atoms with Gasteiger partial charge in [-0.2, -0.15) is 5.10 Å². The first-order valence-electron chi connectivity index (χ1n) is 6.17. The van der Waals surface area contributed by atoms with Crippen LogP contribution in [0.3, 0.4) is 0 Å². The Morgan fingerprint density at radius 1 is 1.38 bits per heavy atom. The normalized spacial score (nSPS) is 10.5. The Balaban J connectivity index is 2.23. The summed E-state index contributed by atoms with van der Waals surface area (Å²) in [6, 6.07) is 5.12. The Kier molecular flexibility index (Phi) is 4.75. The molecular weight excluding hydrogens is 315 g/mol. The van der Waals surface area contributed by atoms with E-state index in [0.717, 1.165) is 5.56 Å². The van der Waals surface area contributed by atoms with Crippen molar-refractivity contribution in [2.75, 3.05) is 0 Å². The average Bonchev–Trinajstić information content (AvgIpc) is 2.65. The first-order chi connectivity index (χ1) is 9.88. The number of aryl methyl sites for hydroxylation is 2. The highest BCUT2D eigenvalue weighted by molar-refractivity contribution is 6.33. The van der Waals surface area contributed by atoms with Gasteiger partial charge in [0.2, 0.25) is 5.75 Å². The third-order valence-electron chi connectivity index (χ3n) is 2.74. The Morgan fingerprint density at radius 2 is 2.10 bits per heavy atom. The smallest absolute Gasteiger partial charge is 0.309 e. The van der Waals surface area contributed by atoms with E-state index in [2.05, 4.69) is 5.10 Å². The number of esters is 1. The molecule has 0 bridgehead atoms. The highest BCUT2D eigenvalue weighted by atomic mass is 35.5. The highest BCUT2D eigenvalue weighted by Crippen LogP contribution is 2.32. The zero-order valence-electron chi connectivity index (χ0n) is 11.8. The molecule has 5 nitrogen and oxygen atoms in total. The molecule has 0 amide bonds. The minimum atomic E-state index is -0.441. The minimum absolute atomic E-state index is 0.195. The van der Waals surface area contributed by atoms with Crippen LogP contribution in [0.1, 0.15) is 18.2 Å². The maximum Gasteiger partial charge on any atom is 0.309 e. The van der Waals surface area contributed by atoms with Crippen LogP contribution in [-0.2, 0) is 18.4 Å². The number of benzene rings is 1. The standard InChI is InChI=1S/C14H14Cl2N2O3/c1-8-13(14(18(3)17-8)21-9(2)19)20-7-10-6-11(15)4-5-12(10)16/h4-6H,7H2,1-3H3. The van der Waals surface area contributed by atoms with Gasteiger partial charge < -0.3 is 9.47 Å². The van der Waals surface area contributed by atoms with Crippen LogP contribution in [0, 0.1) is 6.92 Å². The van der Waals surface area contributed by atoms with Crippen LogP contribution < -0.4 is 9.47 Å². The Labute approximate surface area is 132 Å². The molecule has 0 saturated heterocycles. The second-order valence-electron chi connectivity index (χ2n) is 4.46. The lowest BCUT2D eigenvalue weighted by molar-refractivity contribution is -0.132. The van der Waals surface area contributed by atoms with E-state index >= 15 is 0 Å². The lowest BCUT2D eigenvalue weighted by Crippen LogP contribution is -2.07. The fourth-order valence-corrected chi connectivity index (χ4v) is 2.20. The van der Waals surface area contributed by atoms with Crippen molar-refractivity contribution in [2.45, 2.75) is 20.5 Å². The van der Waals surface area contributed by atoms with Gasteiger partial charge in [0.15, 0.2) is 0 Å². The maximum absolute atomic E-state index is 11.1. The van der Waals surface area contributed by atoms with Crippen molar-refractivity contribution in [3.8, 4) is 11.6 Å². The van der Waals surface area contributed by atoms with Crippen molar-refractivity contribution in [1.29, 1.82) is 0 Å². The van der Waals surface area contributed by atoms with E-state index in [1.54, 1.807) is 32.2 Å². The average molecular weight is 329 g/mol. The predicted octanol–water partition coefficient (Wildman–Crippen LogP) is 3.54. The number of ether oxygens (including phenoxy) is 2. The van der Waals surface area contributed by atoms with Crippen molar-refractivity contribution < 1.29 is 14.3 Å². The minimum Gasteiger partial charge on any atom is -0.482 e. The summed E-state index contributed by atoms with van der Waals surface area (Å²) in [4.78, 5) is 11.1. The third-order valence-corrected chi connectivity index (χ3v) is 3.34. The number of carbonyl (C=O) groups excluding carboxylic acids is 1. The number of rotatable bonds is 4. The van der Waals surface area contributed by atoms with Gasteiger partial charge in [-0.3, -0.25) is 4.79 Å². The zero-order valence-corrected chi connectivity index (χ0v) is 13.3. The predicted molar refractivity (Wildman–Crippen MR) is 80.0 cm³/mol. The second-order valence-corrected chi connectivity index (χ2v) is 5.30. The Hall–Kier alpha value is -1.72. The van der Waals surface area contributed by atoms with Gasteiger partial charge in [-0.1, -0.05) is 23.2 Å². The summed E-state index contributed by atoms with van der Waals surface area (Å²) in [5, 5.41) is 5.29. The van der Waals surface area contributed by atoms with Gasteiger partial charge in [-0.15, -0.1) is 0 Å². The fraction of sp³-hybridized carbons (Fsp3) is 0.286. The number of aromatic nitrogens is 2. The lowest BCUT2D eigenvalue weighted by Gasteiger charge is -2.09. The summed E-state index contributed by atoms with van der Waals surface area (Å²) in [7, 11) is 1.67. The van der Waals surface area contributed by atoms with Crippen molar-refractivity contribution in [3.63, 3.8) is 0 Å². The summed E-state index contributed by atoms with van der Waals surface area (Å²) in [6.45, 7) is 3.28. The largest absolute Gasteiger partial charge is 0.482 e. The van der Waals surface area contributed by atoms with Crippen molar-refractivity contribution in [1.82, 2.24) is 9.78 Å². The molecule has 0 fully saturated rings. The number of nitrogens with zero attached hydrogens (tertiary/aromatic N) is 2. The number of hydrogen-bond donors (Lipinski definition) is 0. The summed E-state index contributed by atoms with van der Waals surface area (Å²) in [5.41, 5.74) is 1.35. The van der Waals surface area contributed by atoms with Crippen molar-refractivity contribution in [2.24, 2.45) is 7.05 Å². The molecule has 0 aliphatic rings. The monoisotopic (exact) mass is 328 g/mol. The molecule has 2 rings (SSSR count).